The number of ether oxygens (including phenoxy) is 4. The molecule has 1 amide bonds. The van der Waals surface area contributed by atoms with E-state index in [0.29, 0.717) is 54.6 Å². The molecule has 9 nitrogen and oxygen atoms in total. The largest absolute Gasteiger partial charge is 0.507 e. The molecule has 0 spiro atoms. The van der Waals surface area contributed by atoms with Crippen molar-refractivity contribution in [3.05, 3.63) is 59.2 Å². The van der Waals surface area contributed by atoms with E-state index in [1.807, 2.05) is 0 Å². The summed E-state index contributed by atoms with van der Waals surface area (Å²) in [5.41, 5.74) is 1.12. The summed E-state index contributed by atoms with van der Waals surface area (Å²) in [5, 5.41) is 11.2. The van der Waals surface area contributed by atoms with Crippen molar-refractivity contribution in [2.45, 2.75) is 12.5 Å². The Hall–Kier alpha value is -3.56. The molecule has 2 aliphatic heterocycles. The minimum atomic E-state index is -0.767. The Morgan fingerprint density at radius 3 is 2.28 bits per heavy atom. The molecule has 36 heavy (non-hydrogen) atoms. The number of amides is 1. The Balaban J connectivity index is 1.71. The maximum absolute atomic E-state index is 13.3. The van der Waals surface area contributed by atoms with Gasteiger partial charge in [-0.05, 0) is 48.4 Å². The molecule has 1 N–H and O–H groups in total. The summed E-state index contributed by atoms with van der Waals surface area (Å²) >= 11 is 0. The zero-order valence-corrected chi connectivity index (χ0v) is 20.9. The molecule has 192 valence electrons. The highest BCUT2D eigenvalue weighted by Crippen LogP contribution is 2.42. The van der Waals surface area contributed by atoms with E-state index >= 15 is 0 Å². The van der Waals surface area contributed by atoms with Crippen molar-refractivity contribution < 1.29 is 33.6 Å². The number of methoxy groups -OCH3 is 3. The van der Waals surface area contributed by atoms with Crippen molar-refractivity contribution in [3.8, 4) is 17.2 Å². The van der Waals surface area contributed by atoms with E-state index in [0.717, 1.165) is 19.6 Å². The third kappa shape index (κ3) is 5.17. The molecule has 2 heterocycles. The molecule has 0 aromatic heterocycles. The quantitative estimate of drug-likeness (QED) is 0.322. The molecule has 2 saturated heterocycles. The van der Waals surface area contributed by atoms with Gasteiger partial charge in [0, 0.05) is 31.7 Å². The number of hydrogen-bond acceptors (Lipinski definition) is 8. The number of morpholine rings is 1. The summed E-state index contributed by atoms with van der Waals surface area (Å²) in [7, 11) is 4.62. The van der Waals surface area contributed by atoms with Crippen molar-refractivity contribution in [1.82, 2.24) is 9.80 Å². The molecule has 0 saturated carbocycles. The first-order valence-electron chi connectivity index (χ1n) is 11.9. The second-order valence-corrected chi connectivity index (χ2v) is 8.64. The molecule has 0 aliphatic carbocycles. The molecule has 2 aromatic carbocycles. The fourth-order valence-corrected chi connectivity index (χ4v) is 4.67. The maximum atomic E-state index is 13.3. The molecule has 2 aliphatic rings. The summed E-state index contributed by atoms with van der Waals surface area (Å²) < 4.78 is 21.4. The lowest BCUT2D eigenvalue weighted by Crippen LogP contribution is -2.38. The first-order chi connectivity index (χ1) is 17.5. The third-order valence-corrected chi connectivity index (χ3v) is 6.60. The second-order valence-electron chi connectivity index (χ2n) is 8.64. The number of aliphatic hydroxyl groups excluding tert-OH is 1. The van der Waals surface area contributed by atoms with Crippen LogP contribution in [0.4, 0.5) is 0 Å². The SMILES string of the molecule is COc1ccc(/C(O)=C2\C(=O)C(=O)N(CCCN3CCOCC3)[C@@H]2c2ccc(OC)c(OC)c2)cc1. The number of benzene rings is 2. The average molecular weight is 497 g/mol. The van der Waals surface area contributed by atoms with Gasteiger partial charge in [-0.3, -0.25) is 14.5 Å². The molecule has 0 unspecified atom stereocenters. The predicted molar refractivity (Wildman–Crippen MR) is 133 cm³/mol. The summed E-state index contributed by atoms with van der Waals surface area (Å²) in [5.74, 6) is 0.0401. The zero-order chi connectivity index (χ0) is 25.7. The Morgan fingerprint density at radius 2 is 1.64 bits per heavy atom. The van der Waals surface area contributed by atoms with Crippen molar-refractivity contribution in [3.63, 3.8) is 0 Å². The Kier molecular flexibility index (Phi) is 8.12. The van der Waals surface area contributed by atoms with Gasteiger partial charge in [0.05, 0.1) is 46.2 Å². The maximum Gasteiger partial charge on any atom is 0.295 e. The van der Waals surface area contributed by atoms with E-state index in [-0.39, 0.29) is 11.3 Å². The van der Waals surface area contributed by atoms with Crippen LogP contribution >= 0.6 is 0 Å². The lowest BCUT2D eigenvalue weighted by Gasteiger charge is -2.29. The summed E-state index contributed by atoms with van der Waals surface area (Å²) in [6.07, 6.45) is 0.680. The fourth-order valence-electron chi connectivity index (χ4n) is 4.67. The standard InChI is InChI=1S/C27H32N2O7/c1-33-20-8-5-18(6-9-20)25(30)23-24(19-7-10-21(34-2)22(17-19)35-3)29(27(32)26(23)31)12-4-11-28-13-15-36-16-14-28/h5-10,17,24,30H,4,11-16H2,1-3H3/b25-23+/t24-/m1/s1. The van der Waals surface area contributed by atoms with Gasteiger partial charge in [-0.15, -0.1) is 0 Å². The summed E-state index contributed by atoms with van der Waals surface area (Å²) in [6, 6.07) is 11.2. The Morgan fingerprint density at radius 1 is 0.944 bits per heavy atom. The van der Waals surface area contributed by atoms with Gasteiger partial charge < -0.3 is 29.0 Å². The lowest BCUT2D eigenvalue weighted by atomic mass is 9.95. The molecule has 1 atom stereocenters. The van der Waals surface area contributed by atoms with Gasteiger partial charge in [-0.1, -0.05) is 6.07 Å². The van der Waals surface area contributed by atoms with Crippen LogP contribution in [0, 0.1) is 0 Å². The van der Waals surface area contributed by atoms with E-state index in [1.54, 1.807) is 61.6 Å². The van der Waals surface area contributed by atoms with Gasteiger partial charge >= 0.3 is 0 Å². The molecule has 0 bridgehead atoms. The molecule has 2 aromatic rings. The number of rotatable bonds is 9. The molecular weight excluding hydrogens is 464 g/mol. The van der Waals surface area contributed by atoms with Crippen molar-refractivity contribution in [1.29, 1.82) is 0 Å². The number of Topliss-reactive ketones (excluding diaryl/α,β-unsaturated/α-hetero) is 1. The average Bonchev–Trinajstić information content (AvgIpc) is 3.18. The van der Waals surface area contributed by atoms with Crippen LogP contribution in [-0.4, -0.2) is 87.3 Å². The van der Waals surface area contributed by atoms with Gasteiger partial charge in [-0.2, -0.15) is 0 Å². The van der Waals surface area contributed by atoms with E-state index in [2.05, 4.69) is 4.90 Å². The zero-order valence-electron chi connectivity index (χ0n) is 20.9. The molecule has 9 heteroatoms. The molecule has 0 radical (unpaired) electrons. The Labute approximate surface area is 210 Å². The highest BCUT2D eigenvalue weighted by atomic mass is 16.5. The molecule has 4 rings (SSSR count). The van der Waals surface area contributed by atoms with Gasteiger partial charge in [0.25, 0.3) is 11.7 Å². The number of likely N-dealkylation sites (tertiary alicyclic amines) is 1. The van der Waals surface area contributed by atoms with Gasteiger partial charge in [0.2, 0.25) is 0 Å². The van der Waals surface area contributed by atoms with Crippen LogP contribution in [0.25, 0.3) is 5.76 Å². The van der Waals surface area contributed by atoms with Crippen LogP contribution in [0.2, 0.25) is 0 Å². The number of carbonyl (C=O) groups excluding carboxylic acids is 2. The number of hydrogen-bond donors (Lipinski definition) is 1. The summed E-state index contributed by atoms with van der Waals surface area (Å²) in [4.78, 5) is 30.3. The Bertz CT molecular complexity index is 1120. The number of ketones is 1. The minimum absolute atomic E-state index is 0.0451. The van der Waals surface area contributed by atoms with E-state index < -0.39 is 17.7 Å². The van der Waals surface area contributed by atoms with Crippen molar-refractivity contribution >= 4 is 17.4 Å². The van der Waals surface area contributed by atoms with Crippen LogP contribution in [-0.2, 0) is 14.3 Å². The van der Waals surface area contributed by atoms with Crippen LogP contribution in [0.15, 0.2) is 48.0 Å². The normalized spacial score (nSPS) is 20.0. The van der Waals surface area contributed by atoms with Crippen molar-refractivity contribution in [2.75, 3.05) is 60.7 Å². The van der Waals surface area contributed by atoms with Crippen LogP contribution in [0.5, 0.6) is 17.2 Å². The molecular formula is C27H32N2O7. The lowest BCUT2D eigenvalue weighted by molar-refractivity contribution is -0.140. The van der Waals surface area contributed by atoms with Crippen LogP contribution in [0.1, 0.15) is 23.6 Å². The smallest absolute Gasteiger partial charge is 0.295 e. The van der Waals surface area contributed by atoms with Gasteiger partial charge in [0.15, 0.2) is 11.5 Å². The van der Waals surface area contributed by atoms with Crippen LogP contribution < -0.4 is 14.2 Å². The predicted octanol–water partition coefficient (Wildman–Crippen LogP) is 2.86. The van der Waals surface area contributed by atoms with Gasteiger partial charge in [0.1, 0.15) is 11.5 Å². The van der Waals surface area contributed by atoms with Crippen molar-refractivity contribution in [2.24, 2.45) is 0 Å². The van der Waals surface area contributed by atoms with Crippen LogP contribution in [0.3, 0.4) is 0 Å². The first-order valence-corrected chi connectivity index (χ1v) is 11.9. The number of aliphatic hydroxyl groups is 1. The monoisotopic (exact) mass is 496 g/mol. The van der Waals surface area contributed by atoms with E-state index in [1.165, 1.54) is 7.11 Å². The summed E-state index contributed by atoms with van der Waals surface area (Å²) in [6.45, 7) is 4.21. The number of carbonyl (C=O) groups is 2. The highest BCUT2D eigenvalue weighted by molar-refractivity contribution is 6.46. The second kappa shape index (κ2) is 11.5. The van der Waals surface area contributed by atoms with E-state index in [4.69, 9.17) is 18.9 Å². The van der Waals surface area contributed by atoms with Gasteiger partial charge in [-0.25, -0.2) is 0 Å². The topological polar surface area (TPSA) is 97.8 Å². The first kappa shape index (κ1) is 25.5. The minimum Gasteiger partial charge on any atom is -0.507 e. The van der Waals surface area contributed by atoms with E-state index in [9.17, 15) is 14.7 Å². The fraction of sp³-hybridized carbons (Fsp3) is 0.407. The highest BCUT2D eigenvalue weighted by Gasteiger charge is 2.46. The number of nitrogens with zero attached hydrogens (tertiary/aromatic N) is 2. The third-order valence-electron chi connectivity index (χ3n) is 6.60. The molecule has 2 fully saturated rings.